The van der Waals surface area contributed by atoms with E-state index in [1.165, 1.54) is 5.56 Å². The first-order valence-electron chi connectivity index (χ1n) is 8.86. The number of rotatable bonds is 6. The van der Waals surface area contributed by atoms with Gasteiger partial charge in [0.15, 0.2) is 0 Å². The Kier molecular flexibility index (Phi) is 6.91. The quantitative estimate of drug-likeness (QED) is 0.814. The Labute approximate surface area is 146 Å². The van der Waals surface area contributed by atoms with Crippen LogP contribution in [0.3, 0.4) is 0 Å². The molecule has 134 valence electrons. The van der Waals surface area contributed by atoms with Gasteiger partial charge in [-0.05, 0) is 63.9 Å². The van der Waals surface area contributed by atoms with Crippen LogP contribution in [0.25, 0.3) is 0 Å². The fourth-order valence-corrected chi connectivity index (χ4v) is 3.02. The highest BCUT2D eigenvalue weighted by Crippen LogP contribution is 2.19. The third-order valence-electron chi connectivity index (χ3n) is 4.54. The summed E-state index contributed by atoms with van der Waals surface area (Å²) in [4.78, 5) is 16.3. The first-order chi connectivity index (χ1) is 11.5. The Balaban J connectivity index is 1.67. The summed E-state index contributed by atoms with van der Waals surface area (Å²) >= 11 is 0. The number of piperidine rings is 1. The maximum Gasteiger partial charge on any atom is 0.317 e. The van der Waals surface area contributed by atoms with Crippen LogP contribution in [-0.2, 0) is 0 Å². The van der Waals surface area contributed by atoms with Gasteiger partial charge in [0.1, 0.15) is 5.75 Å². The molecular formula is C19H31N3O2. The van der Waals surface area contributed by atoms with Gasteiger partial charge in [0.25, 0.3) is 0 Å². The van der Waals surface area contributed by atoms with E-state index < -0.39 is 0 Å². The monoisotopic (exact) mass is 333 g/mol. The van der Waals surface area contributed by atoms with Crippen molar-refractivity contribution < 1.29 is 9.53 Å². The predicted octanol–water partition coefficient (Wildman–Crippen LogP) is 2.81. The molecule has 0 aromatic heterocycles. The molecule has 2 rings (SSSR count). The maximum absolute atomic E-state index is 12.2. The van der Waals surface area contributed by atoms with E-state index in [1.807, 2.05) is 7.05 Å². The number of benzene rings is 1. The number of nitrogens with one attached hydrogen (secondary N) is 1. The molecule has 0 bridgehead atoms. The van der Waals surface area contributed by atoms with Gasteiger partial charge in [-0.15, -0.1) is 0 Å². The molecule has 0 aliphatic carbocycles. The summed E-state index contributed by atoms with van der Waals surface area (Å²) < 4.78 is 5.85. The Morgan fingerprint density at radius 2 is 2.21 bits per heavy atom. The van der Waals surface area contributed by atoms with Gasteiger partial charge in [0, 0.05) is 26.2 Å². The van der Waals surface area contributed by atoms with Gasteiger partial charge in [-0.1, -0.05) is 12.1 Å². The molecule has 0 radical (unpaired) electrons. The average Bonchev–Trinajstić information content (AvgIpc) is 2.54. The highest BCUT2D eigenvalue weighted by Gasteiger charge is 2.20. The number of likely N-dealkylation sites (N-methyl/N-ethyl adjacent to an activating group) is 1. The Morgan fingerprint density at radius 3 is 2.96 bits per heavy atom. The van der Waals surface area contributed by atoms with Crippen molar-refractivity contribution >= 4 is 6.03 Å². The molecule has 24 heavy (non-hydrogen) atoms. The molecular weight excluding hydrogens is 302 g/mol. The standard InChI is InChI=1S/C19H31N3O2/c1-15-8-9-16(2)18(13-15)24-12-6-11-22(4)19(23)20-17-7-5-10-21(3)14-17/h8-9,13,17H,5-7,10-12,14H2,1-4H3,(H,20,23). The van der Waals surface area contributed by atoms with E-state index in [1.54, 1.807) is 4.90 Å². The van der Waals surface area contributed by atoms with Crippen molar-refractivity contribution in [1.82, 2.24) is 15.1 Å². The van der Waals surface area contributed by atoms with Crippen LogP contribution in [0.2, 0.25) is 0 Å². The van der Waals surface area contributed by atoms with Gasteiger partial charge in [0.05, 0.1) is 6.61 Å². The van der Waals surface area contributed by atoms with E-state index >= 15 is 0 Å². The summed E-state index contributed by atoms with van der Waals surface area (Å²) in [5.74, 6) is 0.937. The Bertz CT molecular complexity index is 547. The first-order valence-corrected chi connectivity index (χ1v) is 8.86. The van der Waals surface area contributed by atoms with Gasteiger partial charge in [-0.25, -0.2) is 4.79 Å². The number of ether oxygens (including phenoxy) is 1. The maximum atomic E-state index is 12.2. The number of amides is 2. The van der Waals surface area contributed by atoms with Gasteiger partial charge >= 0.3 is 6.03 Å². The minimum absolute atomic E-state index is 0.0158. The third-order valence-corrected chi connectivity index (χ3v) is 4.54. The average molecular weight is 333 g/mol. The lowest BCUT2D eigenvalue weighted by Crippen LogP contribution is -2.50. The van der Waals surface area contributed by atoms with Crippen LogP contribution in [0.5, 0.6) is 5.75 Å². The normalized spacial score (nSPS) is 18.2. The van der Waals surface area contributed by atoms with Crippen molar-refractivity contribution in [3.8, 4) is 5.75 Å². The van der Waals surface area contributed by atoms with Crippen LogP contribution in [0.15, 0.2) is 18.2 Å². The third kappa shape index (κ3) is 5.71. The molecule has 1 aromatic carbocycles. The number of hydrogen-bond donors (Lipinski definition) is 1. The molecule has 5 heteroatoms. The highest BCUT2D eigenvalue weighted by molar-refractivity contribution is 5.74. The van der Waals surface area contributed by atoms with Gasteiger partial charge in [-0.3, -0.25) is 0 Å². The molecule has 1 fully saturated rings. The molecule has 5 nitrogen and oxygen atoms in total. The number of hydrogen-bond acceptors (Lipinski definition) is 3. The van der Waals surface area contributed by atoms with Crippen molar-refractivity contribution in [3.63, 3.8) is 0 Å². The number of nitrogens with zero attached hydrogens (tertiary/aromatic N) is 2. The summed E-state index contributed by atoms with van der Waals surface area (Å²) in [5, 5.41) is 3.13. The molecule has 0 spiro atoms. The van der Waals surface area contributed by atoms with E-state index in [0.717, 1.165) is 43.7 Å². The minimum Gasteiger partial charge on any atom is -0.493 e. The van der Waals surface area contributed by atoms with E-state index in [-0.39, 0.29) is 12.1 Å². The summed E-state index contributed by atoms with van der Waals surface area (Å²) in [5.41, 5.74) is 2.35. The van der Waals surface area contributed by atoms with Gasteiger partial charge < -0.3 is 19.9 Å². The molecule has 1 aliphatic rings. The SMILES string of the molecule is Cc1ccc(C)c(OCCCN(C)C(=O)NC2CCCN(C)C2)c1. The van der Waals surface area contributed by atoms with E-state index in [4.69, 9.17) is 4.74 Å². The van der Waals surface area contributed by atoms with Crippen molar-refractivity contribution in [2.45, 2.75) is 39.2 Å². The molecule has 0 saturated carbocycles. The van der Waals surface area contributed by atoms with Crippen LogP contribution in [-0.4, -0.2) is 62.2 Å². The first kappa shape index (κ1) is 18.6. The molecule has 1 unspecified atom stereocenters. The van der Waals surface area contributed by atoms with Crippen LogP contribution in [0.4, 0.5) is 4.79 Å². The van der Waals surface area contributed by atoms with Gasteiger partial charge in [-0.2, -0.15) is 0 Å². The van der Waals surface area contributed by atoms with Gasteiger partial charge in [0.2, 0.25) is 0 Å². The van der Waals surface area contributed by atoms with Crippen molar-refractivity contribution in [3.05, 3.63) is 29.3 Å². The predicted molar refractivity (Wildman–Crippen MR) is 97.7 cm³/mol. The zero-order chi connectivity index (χ0) is 17.5. The van der Waals surface area contributed by atoms with E-state index in [9.17, 15) is 4.79 Å². The lowest BCUT2D eigenvalue weighted by atomic mass is 10.1. The lowest BCUT2D eigenvalue weighted by Gasteiger charge is -2.31. The van der Waals surface area contributed by atoms with Crippen molar-refractivity contribution in [2.75, 3.05) is 40.3 Å². The number of aryl methyl sites for hydroxylation is 2. The number of likely N-dealkylation sites (tertiary alicyclic amines) is 1. The molecule has 2 amide bonds. The molecule has 1 N–H and O–H groups in total. The van der Waals surface area contributed by atoms with Crippen LogP contribution < -0.4 is 10.1 Å². The molecule has 1 saturated heterocycles. The largest absolute Gasteiger partial charge is 0.493 e. The molecule has 1 atom stereocenters. The Hall–Kier alpha value is -1.75. The summed E-state index contributed by atoms with van der Waals surface area (Å²) in [6.45, 7) is 7.49. The second-order valence-electron chi connectivity index (χ2n) is 6.94. The second-order valence-corrected chi connectivity index (χ2v) is 6.94. The molecule has 1 aromatic rings. The molecule has 1 heterocycles. The second kappa shape index (κ2) is 8.92. The lowest BCUT2D eigenvalue weighted by molar-refractivity contribution is 0.183. The fraction of sp³-hybridized carbons (Fsp3) is 0.632. The topological polar surface area (TPSA) is 44.8 Å². The number of carbonyl (C=O) groups is 1. The fourth-order valence-electron chi connectivity index (χ4n) is 3.02. The number of urea groups is 1. The van der Waals surface area contributed by atoms with Crippen LogP contribution >= 0.6 is 0 Å². The summed E-state index contributed by atoms with van der Waals surface area (Å²) in [6, 6.07) is 6.51. The minimum atomic E-state index is 0.0158. The van der Waals surface area contributed by atoms with E-state index in [2.05, 4.69) is 49.3 Å². The highest BCUT2D eigenvalue weighted by atomic mass is 16.5. The van der Waals surface area contributed by atoms with Crippen molar-refractivity contribution in [1.29, 1.82) is 0 Å². The molecule has 1 aliphatic heterocycles. The Morgan fingerprint density at radius 1 is 1.42 bits per heavy atom. The van der Waals surface area contributed by atoms with Crippen LogP contribution in [0, 0.1) is 13.8 Å². The zero-order valence-electron chi connectivity index (χ0n) is 15.5. The smallest absolute Gasteiger partial charge is 0.317 e. The zero-order valence-corrected chi connectivity index (χ0v) is 15.5. The van der Waals surface area contributed by atoms with E-state index in [0.29, 0.717) is 13.2 Å². The summed E-state index contributed by atoms with van der Waals surface area (Å²) in [7, 11) is 3.95. The summed E-state index contributed by atoms with van der Waals surface area (Å²) in [6.07, 6.45) is 3.04. The van der Waals surface area contributed by atoms with Crippen LogP contribution in [0.1, 0.15) is 30.4 Å². The number of carbonyl (C=O) groups excluding carboxylic acids is 1. The van der Waals surface area contributed by atoms with Crippen molar-refractivity contribution in [2.24, 2.45) is 0 Å².